The van der Waals surface area contributed by atoms with Gasteiger partial charge in [0.15, 0.2) is 0 Å². The Labute approximate surface area is 146 Å². The van der Waals surface area contributed by atoms with Crippen molar-refractivity contribution in [3.05, 3.63) is 34.3 Å². The lowest BCUT2D eigenvalue weighted by molar-refractivity contribution is -0.128. The smallest absolute Gasteiger partial charge is 0.237 e. The van der Waals surface area contributed by atoms with Gasteiger partial charge in [-0.25, -0.2) is 0 Å². The van der Waals surface area contributed by atoms with Crippen molar-refractivity contribution in [1.82, 2.24) is 10.2 Å². The summed E-state index contributed by atoms with van der Waals surface area (Å²) in [7, 11) is 0. The lowest BCUT2D eigenvalue weighted by Crippen LogP contribution is -2.50. The first kappa shape index (κ1) is 16.9. The van der Waals surface area contributed by atoms with Gasteiger partial charge >= 0.3 is 0 Å². The van der Waals surface area contributed by atoms with Crippen molar-refractivity contribution in [2.75, 3.05) is 19.6 Å². The Kier molecular flexibility index (Phi) is 5.09. The van der Waals surface area contributed by atoms with E-state index in [1.54, 1.807) is 6.92 Å². The molecule has 2 fully saturated rings. The third-order valence-corrected chi connectivity index (χ3v) is 5.62. The maximum absolute atomic E-state index is 12.7. The van der Waals surface area contributed by atoms with Crippen molar-refractivity contribution in [2.24, 2.45) is 5.92 Å². The molecule has 0 bridgehead atoms. The van der Waals surface area contributed by atoms with Gasteiger partial charge in [-0.1, -0.05) is 34.1 Å². The van der Waals surface area contributed by atoms with E-state index in [4.69, 9.17) is 0 Å². The van der Waals surface area contributed by atoms with E-state index in [1.807, 2.05) is 24.3 Å². The molecule has 1 aromatic carbocycles. The van der Waals surface area contributed by atoms with E-state index in [2.05, 4.69) is 26.1 Å². The molecule has 3 rings (SSSR count). The monoisotopic (exact) mass is 380 g/mol. The van der Waals surface area contributed by atoms with Crippen LogP contribution >= 0.6 is 15.9 Å². The molecule has 1 aromatic rings. The number of halogens is 1. The van der Waals surface area contributed by atoms with Gasteiger partial charge in [-0.2, -0.15) is 0 Å². The zero-order valence-electron chi connectivity index (χ0n) is 13.6. The minimum atomic E-state index is -1.09. The van der Waals surface area contributed by atoms with Gasteiger partial charge in [0, 0.05) is 4.47 Å². The van der Waals surface area contributed by atoms with Gasteiger partial charge in [-0.05, 0) is 63.2 Å². The van der Waals surface area contributed by atoms with E-state index in [9.17, 15) is 9.90 Å². The number of rotatable bonds is 6. The van der Waals surface area contributed by atoms with Gasteiger partial charge in [-0.15, -0.1) is 0 Å². The summed E-state index contributed by atoms with van der Waals surface area (Å²) >= 11 is 3.47. The lowest BCUT2D eigenvalue weighted by Gasteiger charge is -2.30. The van der Waals surface area contributed by atoms with E-state index < -0.39 is 5.60 Å². The highest BCUT2D eigenvalue weighted by Crippen LogP contribution is 2.37. The number of hydrogen-bond donors (Lipinski definition) is 2. The summed E-state index contributed by atoms with van der Waals surface area (Å²) in [6, 6.07) is 7.59. The average Bonchev–Trinajstić information content (AvgIpc) is 3.20. The van der Waals surface area contributed by atoms with Crippen LogP contribution in [0.25, 0.3) is 0 Å². The van der Waals surface area contributed by atoms with Gasteiger partial charge in [-0.3, -0.25) is 9.69 Å². The fourth-order valence-electron chi connectivity index (χ4n) is 3.47. The lowest BCUT2D eigenvalue weighted by atomic mass is 9.96. The van der Waals surface area contributed by atoms with Gasteiger partial charge in [0.1, 0.15) is 5.60 Å². The first-order valence-electron chi connectivity index (χ1n) is 8.48. The summed E-state index contributed by atoms with van der Waals surface area (Å²) in [4.78, 5) is 15.0. The van der Waals surface area contributed by atoms with E-state index in [0.717, 1.165) is 36.0 Å². The maximum atomic E-state index is 12.7. The van der Waals surface area contributed by atoms with E-state index in [0.29, 0.717) is 5.92 Å². The van der Waals surface area contributed by atoms with Crippen LogP contribution in [-0.2, 0) is 10.4 Å². The van der Waals surface area contributed by atoms with Crippen LogP contribution < -0.4 is 5.32 Å². The molecular weight excluding hydrogens is 356 g/mol. The van der Waals surface area contributed by atoms with Gasteiger partial charge in [0.05, 0.1) is 12.6 Å². The van der Waals surface area contributed by atoms with Crippen molar-refractivity contribution in [3.8, 4) is 0 Å². The SMILES string of the molecule is CC(O)(CNC(=O)C(C1CC1)N1CCCC1)c1ccccc1Br. The van der Waals surface area contributed by atoms with Crippen molar-refractivity contribution < 1.29 is 9.90 Å². The number of likely N-dealkylation sites (tertiary alicyclic amines) is 1. The molecule has 1 saturated heterocycles. The number of nitrogens with zero attached hydrogens (tertiary/aromatic N) is 1. The molecule has 1 amide bonds. The second kappa shape index (κ2) is 6.91. The molecule has 23 heavy (non-hydrogen) atoms. The standard InChI is InChI=1S/C18H25BrN2O2/c1-18(23,14-6-2-3-7-15(14)19)12-20-17(22)16(13-8-9-13)21-10-4-5-11-21/h2-3,6-7,13,16,23H,4-5,8-12H2,1H3,(H,20,22). The molecule has 0 radical (unpaired) electrons. The molecule has 1 saturated carbocycles. The molecule has 1 heterocycles. The molecule has 1 aliphatic carbocycles. The Morgan fingerprint density at radius 1 is 1.39 bits per heavy atom. The van der Waals surface area contributed by atoms with Gasteiger partial charge in [0.2, 0.25) is 5.91 Å². The Balaban J connectivity index is 1.64. The Morgan fingerprint density at radius 3 is 2.65 bits per heavy atom. The van der Waals surface area contributed by atoms with Crippen LogP contribution in [0.1, 0.15) is 38.2 Å². The van der Waals surface area contributed by atoms with E-state index in [1.165, 1.54) is 12.8 Å². The summed E-state index contributed by atoms with van der Waals surface area (Å²) in [5, 5.41) is 13.8. The first-order chi connectivity index (χ1) is 11.0. The zero-order chi connectivity index (χ0) is 16.4. The highest BCUT2D eigenvalue weighted by Gasteiger charge is 2.41. The molecule has 2 N–H and O–H groups in total. The highest BCUT2D eigenvalue weighted by molar-refractivity contribution is 9.10. The second-order valence-electron chi connectivity index (χ2n) is 7.00. The summed E-state index contributed by atoms with van der Waals surface area (Å²) in [5.41, 5.74) is -0.293. The fourth-order valence-corrected chi connectivity index (χ4v) is 4.18. The third kappa shape index (κ3) is 3.95. The summed E-state index contributed by atoms with van der Waals surface area (Å²) in [6.45, 7) is 4.02. The van der Waals surface area contributed by atoms with Crippen LogP contribution in [0.3, 0.4) is 0 Å². The Hall–Kier alpha value is -0.910. The van der Waals surface area contributed by atoms with E-state index in [-0.39, 0.29) is 18.5 Å². The minimum Gasteiger partial charge on any atom is -0.384 e. The molecule has 2 aliphatic rings. The first-order valence-corrected chi connectivity index (χ1v) is 9.27. The van der Waals surface area contributed by atoms with E-state index >= 15 is 0 Å². The Morgan fingerprint density at radius 2 is 2.04 bits per heavy atom. The number of hydrogen-bond acceptors (Lipinski definition) is 3. The molecule has 1 aliphatic heterocycles. The summed E-state index contributed by atoms with van der Waals surface area (Å²) in [6.07, 6.45) is 4.67. The van der Waals surface area contributed by atoms with Crippen LogP contribution in [0.2, 0.25) is 0 Å². The quantitative estimate of drug-likeness (QED) is 0.797. The normalized spacial score (nSPS) is 22.6. The molecule has 2 atom stereocenters. The van der Waals surface area contributed by atoms with Crippen molar-refractivity contribution in [1.29, 1.82) is 0 Å². The molecular formula is C18H25BrN2O2. The minimum absolute atomic E-state index is 0.00693. The molecule has 2 unspecified atom stereocenters. The average molecular weight is 381 g/mol. The van der Waals surface area contributed by atoms with Crippen molar-refractivity contribution >= 4 is 21.8 Å². The predicted octanol–water partition coefficient (Wildman–Crippen LogP) is 2.65. The number of carbonyl (C=O) groups is 1. The Bertz CT molecular complexity index is 566. The predicted molar refractivity (Wildman–Crippen MR) is 94.0 cm³/mol. The number of carbonyl (C=O) groups excluding carboxylic acids is 1. The fraction of sp³-hybridized carbons (Fsp3) is 0.611. The van der Waals surface area contributed by atoms with Crippen LogP contribution in [0.15, 0.2) is 28.7 Å². The van der Waals surface area contributed by atoms with Gasteiger partial charge in [0.25, 0.3) is 0 Å². The third-order valence-electron chi connectivity index (χ3n) is 4.93. The van der Waals surface area contributed by atoms with Crippen LogP contribution in [0, 0.1) is 5.92 Å². The van der Waals surface area contributed by atoms with Crippen LogP contribution in [-0.4, -0.2) is 41.6 Å². The van der Waals surface area contributed by atoms with Crippen molar-refractivity contribution in [3.63, 3.8) is 0 Å². The maximum Gasteiger partial charge on any atom is 0.237 e. The zero-order valence-corrected chi connectivity index (χ0v) is 15.2. The molecule has 126 valence electrons. The number of nitrogens with one attached hydrogen (secondary N) is 1. The molecule has 0 spiro atoms. The topological polar surface area (TPSA) is 52.6 Å². The second-order valence-corrected chi connectivity index (χ2v) is 7.85. The number of benzene rings is 1. The molecule has 0 aromatic heterocycles. The number of amides is 1. The molecule has 4 nitrogen and oxygen atoms in total. The number of aliphatic hydroxyl groups is 1. The molecule has 5 heteroatoms. The summed E-state index contributed by atoms with van der Waals surface area (Å²) < 4.78 is 0.859. The highest BCUT2D eigenvalue weighted by atomic mass is 79.9. The van der Waals surface area contributed by atoms with Crippen LogP contribution in [0.5, 0.6) is 0 Å². The van der Waals surface area contributed by atoms with Crippen molar-refractivity contribution in [2.45, 2.75) is 44.2 Å². The summed E-state index contributed by atoms with van der Waals surface area (Å²) in [5.74, 6) is 0.572. The largest absolute Gasteiger partial charge is 0.384 e. The van der Waals surface area contributed by atoms with Crippen LogP contribution in [0.4, 0.5) is 0 Å². The van der Waals surface area contributed by atoms with Gasteiger partial charge < -0.3 is 10.4 Å².